The number of carbonyl (C=O) groups excluding carboxylic acids is 1. The third kappa shape index (κ3) is 3.91. The van der Waals surface area contributed by atoms with E-state index in [0.29, 0.717) is 0 Å². The molecule has 4 nitrogen and oxygen atoms in total. The summed E-state index contributed by atoms with van der Waals surface area (Å²) in [6.45, 7) is 12.6. The maximum Gasteiger partial charge on any atom is 0.338 e. The number of ether oxygens (including phenoxy) is 1. The molecule has 5 heteroatoms. The number of carbonyl (C=O) groups is 1. The second-order valence-corrected chi connectivity index (χ2v) is 13.9. The summed E-state index contributed by atoms with van der Waals surface area (Å²) < 4.78 is 12.2. The Bertz CT molecular complexity index is 867. The average molecular weight is 439 g/mol. The van der Waals surface area contributed by atoms with Gasteiger partial charge in [-0.3, -0.25) is 0 Å². The van der Waals surface area contributed by atoms with Gasteiger partial charge in [0.15, 0.2) is 5.60 Å². The zero-order chi connectivity index (χ0) is 22.9. The number of aliphatic hydroxyl groups is 1. The first-order valence-electron chi connectivity index (χ1n) is 10.8. The van der Waals surface area contributed by atoms with Gasteiger partial charge in [-0.1, -0.05) is 94.4 Å². The first-order chi connectivity index (χ1) is 14.6. The fourth-order valence-electron chi connectivity index (χ4n) is 5.18. The molecule has 1 aliphatic carbocycles. The molecule has 1 saturated carbocycles. The molecule has 2 aromatic rings. The van der Waals surface area contributed by atoms with Crippen molar-refractivity contribution in [3.8, 4) is 0 Å². The van der Waals surface area contributed by atoms with Crippen LogP contribution in [0.4, 0.5) is 0 Å². The predicted octanol–water partition coefficient (Wildman–Crippen LogP) is 3.68. The third-order valence-electron chi connectivity index (χ3n) is 6.62. The van der Waals surface area contributed by atoms with Gasteiger partial charge in [0.2, 0.25) is 0 Å². The van der Waals surface area contributed by atoms with Crippen molar-refractivity contribution < 1.29 is 19.1 Å². The van der Waals surface area contributed by atoms with Gasteiger partial charge >= 0.3 is 5.97 Å². The molecule has 0 spiro atoms. The van der Waals surface area contributed by atoms with Crippen molar-refractivity contribution >= 4 is 24.7 Å². The Hall–Kier alpha value is -2.21. The lowest BCUT2D eigenvalue weighted by atomic mass is 9.90. The van der Waals surface area contributed by atoms with E-state index < -0.39 is 25.8 Å². The van der Waals surface area contributed by atoms with Crippen molar-refractivity contribution in [2.45, 2.75) is 50.9 Å². The van der Waals surface area contributed by atoms with E-state index in [1.54, 1.807) is 6.08 Å². The van der Waals surface area contributed by atoms with E-state index in [1.165, 1.54) is 7.11 Å². The van der Waals surface area contributed by atoms with E-state index in [2.05, 4.69) is 51.6 Å². The van der Waals surface area contributed by atoms with Crippen LogP contribution in [0.25, 0.3) is 0 Å². The topological polar surface area (TPSA) is 55.8 Å². The van der Waals surface area contributed by atoms with Crippen LogP contribution in [-0.4, -0.2) is 38.2 Å². The third-order valence-corrected chi connectivity index (χ3v) is 11.7. The fraction of sp³-hybridized carbons (Fsp3) is 0.423. The second-order valence-electron chi connectivity index (χ2n) is 9.60. The zero-order valence-electron chi connectivity index (χ0n) is 19.2. The SMILES string of the molecule is C=C[C@H]1[C@H](O[Si](c2ccccc2)(c2ccccc2)C(C)(C)C)[C@@H](C)C[C@]1(O)C(=O)OC. The largest absolute Gasteiger partial charge is 0.467 e. The van der Waals surface area contributed by atoms with Crippen molar-refractivity contribution in [2.24, 2.45) is 11.8 Å². The molecule has 1 fully saturated rings. The van der Waals surface area contributed by atoms with Crippen LogP contribution in [0.15, 0.2) is 73.3 Å². The molecule has 4 atom stereocenters. The summed E-state index contributed by atoms with van der Waals surface area (Å²) in [6.07, 6.45) is 1.56. The van der Waals surface area contributed by atoms with E-state index in [9.17, 15) is 9.90 Å². The monoisotopic (exact) mass is 438 g/mol. The highest BCUT2D eigenvalue weighted by Gasteiger charge is 2.60. The van der Waals surface area contributed by atoms with Gasteiger partial charge in [0.25, 0.3) is 8.32 Å². The number of rotatable bonds is 6. The maximum atomic E-state index is 12.5. The second kappa shape index (κ2) is 8.73. The standard InChI is InChI=1S/C26H34O4Si/c1-7-22-23(19(2)18-26(22,28)24(27)29-6)30-31(25(3,4)5,20-14-10-8-11-15-20)21-16-12-9-13-17-21/h7-17,19,22-23,28H,1,18H2,2-6H3/t19-,22-,23+,26+/m0/s1. The molecule has 1 N–H and O–H groups in total. The van der Waals surface area contributed by atoms with Crippen molar-refractivity contribution in [3.63, 3.8) is 0 Å². The van der Waals surface area contributed by atoms with Gasteiger partial charge in [0.05, 0.1) is 13.2 Å². The van der Waals surface area contributed by atoms with E-state index in [1.807, 2.05) is 43.3 Å². The molecule has 3 rings (SSSR count). The average Bonchev–Trinajstić information content (AvgIpc) is 3.01. The van der Waals surface area contributed by atoms with Gasteiger partial charge < -0.3 is 14.3 Å². The Balaban J connectivity index is 2.20. The van der Waals surface area contributed by atoms with E-state index in [4.69, 9.17) is 9.16 Å². The molecule has 0 heterocycles. The zero-order valence-corrected chi connectivity index (χ0v) is 20.2. The minimum atomic E-state index is -2.83. The summed E-state index contributed by atoms with van der Waals surface area (Å²) >= 11 is 0. The number of hydrogen-bond donors (Lipinski definition) is 1. The number of methoxy groups -OCH3 is 1. The molecule has 0 saturated heterocycles. The Labute approximate surface area is 187 Å². The smallest absolute Gasteiger partial charge is 0.338 e. The summed E-state index contributed by atoms with van der Waals surface area (Å²) in [5, 5.41) is 13.4. The van der Waals surface area contributed by atoms with Crippen LogP contribution in [0.1, 0.15) is 34.1 Å². The molecule has 0 unspecified atom stereocenters. The maximum absolute atomic E-state index is 12.5. The summed E-state index contributed by atoms with van der Waals surface area (Å²) in [5.41, 5.74) is -1.63. The number of hydrogen-bond acceptors (Lipinski definition) is 4. The van der Waals surface area contributed by atoms with E-state index in [-0.39, 0.29) is 23.5 Å². The molecular formula is C26H34O4Si. The summed E-state index contributed by atoms with van der Waals surface area (Å²) in [6, 6.07) is 20.8. The Kier molecular flexibility index (Phi) is 6.60. The van der Waals surface area contributed by atoms with Gasteiger partial charge in [-0.25, -0.2) is 4.79 Å². The molecule has 1 aliphatic rings. The molecule has 0 radical (unpaired) electrons. The Morgan fingerprint density at radius 3 is 1.97 bits per heavy atom. The van der Waals surface area contributed by atoms with E-state index >= 15 is 0 Å². The van der Waals surface area contributed by atoms with E-state index in [0.717, 1.165) is 10.4 Å². The lowest BCUT2D eigenvalue weighted by Gasteiger charge is -2.46. The van der Waals surface area contributed by atoms with Crippen molar-refractivity contribution in [2.75, 3.05) is 7.11 Å². The highest BCUT2D eigenvalue weighted by molar-refractivity contribution is 6.99. The predicted molar refractivity (Wildman–Crippen MR) is 127 cm³/mol. The van der Waals surface area contributed by atoms with Gasteiger partial charge in [0, 0.05) is 5.92 Å². The fourth-order valence-corrected chi connectivity index (χ4v) is 9.98. The molecule has 0 bridgehead atoms. The lowest BCUT2D eigenvalue weighted by molar-refractivity contribution is -0.165. The molecular weight excluding hydrogens is 404 g/mol. The summed E-state index contributed by atoms with van der Waals surface area (Å²) in [5.74, 6) is -1.23. The van der Waals surface area contributed by atoms with Gasteiger partial charge in [-0.2, -0.15) is 0 Å². The minimum Gasteiger partial charge on any atom is -0.467 e. The number of benzene rings is 2. The number of esters is 1. The van der Waals surface area contributed by atoms with Gasteiger partial charge in [0.1, 0.15) is 0 Å². The summed E-state index contributed by atoms with van der Waals surface area (Å²) in [7, 11) is -1.53. The van der Waals surface area contributed by atoms with Crippen LogP contribution in [0.3, 0.4) is 0 Å². The first-order valence-corrected chi connectivity index (χ1v) is 12.7. The van der Waals surface area contributed by atoms with Crippen molar-refractivity contribution in [3.05, 3.63) is 73.3 Å². The van der Waals surface area contributed by atoms with Crippen molar-refractivity contribution in [1.29, 1.82) is 0 Å². The molecule has 166 valence electrons. The minimum absolute atomic E-state index is 0.0475. The molecule has 0 aliphatic heterocycles. The molecule has 2 aromatic carbocycles. The van der Waals surface area contributed by atoms with Crippen LogP contribution in [-0.2, 0) is 14.0 Å². The highest BCUT2D eigenvalue weighted by atomic mass is 28.4. The van der Waals surface area contributed by atoms with Crippen LogP contribution < -0.4 is 10.4 Å². The highest BCUT2D eigenvalue weighted by Crippen LogP contribution is 2.47. The van der Waals surface area contributed by atoms with Crippen LogP contribution in [0.2, 0.25) is 5.04 Å². The van der Waals surface area contributed by atoms with Gasteiger partial charge in [-0.05, 0) is 27.8 Å². The first kappa shape index (κ1) is 23.5. The Morgan fingerprint density at radius 1 is 1.10 bits per heavy atom. The Morgan fingerprint density at radius 2 is 1.58 bits per heavy atom. The van der Waals surface area contributed by atoms with Crippen LogP contribution in [0, 0.1) is 11.8 Å². The molecule has 0 aromatic heterocycles. The van der Waals surface area contributed by atoms with Gasteiger partial charge in [-0.15, -0.1) is 6.58 Å². The lowest BCUT2D eigenvalue weighted by Crippen LogP contribution is -2.68. The molecule has 0 amide bonds. The normalized spacial score (nSPS) is 26.5. The van der Waals surface area contributed by atoms with Crippen LogP contribution in [0.5, 0.6) is 0 Å². The summed E-state index contributed by atoms with van der Waals surface area (Å²) in [4.78, 5) is 12.5. The quantitative estimate of drug-likeness (QED) is 0.425. The van der Waals surface area contributed by atoms with Crippen molar-refractivity contribution in [1.82, 2.24) is 0 Å². The molecule has 31 heavy (non-hydrogen) atoms. The van der Waals surface area contributed by atoms with Crippen LogP contribution >= 0.6 is 0 Å².